The molecule has 2 atom stereocenters. The molecule has 1 saturated heterocycles. The second kappa shape index (κ2) is 8.21. The first-order chi connectivity index (χ1) is 11.6. The molecule has 1 aromatic rings. The van der Waals surface area contributed by atoms with Crippen molar-refractivity contribution in [1.82, 2.24) is 4.90 Å². The van der Waals surface area contributed by atoms with Crippen LogP contribution in [0, 0.1) is 6.92 Å². The van der Waals surface area contributed by atoms with Crippen molar-refractivity contribution in [1.29, 1.82) is 0 Å². The minimum atomic E-state index is -0.389. The number of para-hydroxylation sites is 1. The van der Waals surface area contributed by atoms with Gasteiger partial charge in [-0.1, -0.05) is 36.6 Å². The average Bonchev–Trinajstić information content (AvgIpc) is 2.60. The minimum Gasteiger partial charge on any atom is -0.444 e. The standard InChI is InChI=1S/C19H27ClN2O2/c1-14-8-7-9-15(20)18(14)21-19(23)24-17-11-4-3-10-16(17)22-12-5-2-6-13-22/h7-9,16-17H,2-6,10-13H2,1H3,(H,21,23). The van der Waals surface area contributed by atoms with E-state index < -0.39 is 0 Å². The number of anilines is 1. The van der Waals surface area contributed by atoms with E-state index in [2.05, 4.69) is 10.2 Å². The van der Waals surface area contributed by atoms with Gasteiger partial charge in [-0.05, 0) is 63.7 Å². The lowest BCUT2D eigenvalue weighted by Gasteiger charge is -2.41. The van der Waals surface area contributed by atoms with Crippen LogP contribution in [0.5, 0.6) is 0 Å². The van der Waals surface area contributed by atoms with E-state index in [0.29, 0.717) is 16.8 Å². The zero-order chi connectivity index (χ0) is 16.9. The Morgan fingerprint density at radius 3 is 2.67 bits per heavy atom. The molecule has 0 radical (unpaired) electrons. The summed E-state index contributed by atoms with van der Waals surface area (Å²) in [6, 6.07) is 5.96. The Morgan fingerprint density at radius 2 is 1.92 bits per heavy atom. The predicted octanol–water partition coefficient (Wildman–Crippen LogP) is 4.99. The Hall–Kier alpha value is -1.26. The fraction of sp³-hybridized carbons (Fsp3) is 0.632. The zero-order valence-electron chi connectivity index (χ0n) is 14.4. The number of likely N-dealkylation sites (tertiary alicyclic amines) is 1. The lowest BCUT2D eigenvalue weighted by molar-refractivity contribution is 0.00174. The molecule has 2 aliphatic rings. The van der Waals surface area contributed by atoms with Crippen LogP contribution in [0.2, 0.25) is 5.02 Å². The van der Waals surface area contributed by atoms with Crippen LogP contribution in [-0.2, 0) is 4.74 Å². The van der Waals surface area contributed by atoms with Gasteiger partial charge in [0.25, 0.3) is 0 Å². The number of hydrogen-bond donors (Lipinski definition) is 1. The molecular weight excluding hydrogens is 324 g/mol. The molecule has 1 amide bonds. The van der Waals surface area contributed by atoms with Crippen LogP contribution >= 0.6 is 11.6 Å². The first-order valence-corrected chi connectivity index (χ1v) is 9.50. The van der Waals surface area contributed by atoms with Gasteiger partial charge in [0.15, 0.2) is 0 Å². The third-order valence-corrected chi connectivity index (χ3v) is 5.55. The number of nitrogens with zero attached hydrogens (tertiary/aromatic N) is 1. The molecule has 0 spiro atoms. The quantitative estimate of drug-likeness (QED) is 0.834. The van der Waals surface area contributed by atoms with Crippen molar-refractivity contribution >= 4 is 23.4 Å². The molecule has 1 aliphatic heterocycles. The van der Waals surface area contributed by atoms with Gasteiger partial charge in [0.1, 0.15) is 6.10 Å². The number of nitrogens with one attached hydrogen (secondary N) is 1. The maximum absolute atomic E-state index is 12.4. The molecule has 132 valence electrons. The number of carbonyl (C=O) groups is 1. The van der Waals surface area contributed by atoms with E-state index in [4.69, 9.17) is 16.3 Å². The van der Waals surface area contributed by atoms with E-state index in [9.17, 15) is 4.79 Å². The van der Waals surface area contributed by atoms with E-state index >= 15 is 0 Å². The van der Waals surface area contributed by atoms with E-state index in [1.807, 2.05) is 19.1 Å². The summed E-state index contributed by atoms with van der Waals surface area (Å²) in [5, 5.41) is 3.38. The molecule has 1 saturated carbocycles. The van der Waals surface area contributed by atoms with Crippen molar-refractivity contribution in [3.63, 3.8) is 0 Å². The molecule has 0 bridgehead atoms. The first kappa shape index (κ1) is 17.6. The van der Waals surface area contributed by atoms with Crippen molar-refractivity contribution in [2.24, 2.45) is 0 Å². The molecule has 24 heavy (non-hydrogen) atoms. The summed E-state index contributed by atoms with van der Waals surface area (Å²) >= 11 is 6.19. The second-order valence-corrected chi connectivity index (χ2v) is 7.36. The van der Waals surface area contributed by atoms with Gasteiger partial charge in [0.05, 0.1) is 10.7 Å². The molecule has 3 rings (SSSR count). The van der Waals surface area contributed by atoms with Crippen LogP contribution < -0.4 is 5.32 Å². The van der Waals surface area contributed by atoms with Gasteiger partial charge in [-0.2, -0.15) is 0 Å². The van der Waals surface area contributed by atoms with Crippen LogP contribution in [0.15, 0.2) is 18.2 Å². The topological polar surface area (TPSA) is 41.6 Å². The number of amides is 1. The fourth-order valence-corrected chi connectivity index (χ4v) is 4.21. The number of benzene rings is 1. The molecule has 2 unspecified atom stereocenters. The number of carbonyl (C=O) groups excluding carboxylic acids is 1. The number of aryl methyl sites for hydroxylation is 1. The van der Waals surface area contributed by atoms with Crippen LogP contribution in [-0.4, -0.2) is 36.2 Å². The third kappa shape index (κ3) is 4.22. The van der Waals surface area contributed by atoms with Crippen LogP contribution in [0.1, 0.15) is 50.5 Å². The third-order valence-electron chi connectivity index (χ3n) is 5.23. The van der Waals surface area contributed by atoms with Crippen molar-refractivity contribution in [3.8, 4) is 0 Å². The van der Waals surface area contributed by atoms with Crippen molar-refractivity contribution in [3.05, 3.63) is 28.8 Å². The highest BCUT2D eigenvalue weighted by Gasteiger charge is 2.33. The van der Waals surface area contributed by atoms with E-state index in [0.717, 1.165) is 37.9 Å². The fourth-order valence-electron chi connectivity index (χ4n) is 3.94. The Kier molecular flexibility index (Phi) is 6.01. The first-order valence-electron chi connectivity index (χ1n) is 9.12. The SMILES string of the molecule is Cc1cccc(Cl)c1NC(=O)OC1CCCCC1N1CCCCC1. The van der Waals surface area contributed by atoms with Crippen molar-refractivity contribution in [2.75, 3.05) is 18.4 Å². The van der Waals surface area contributed by atoms with E-state index in [1.165, 1.54) is 25.7 Å². The Balaban J connectivity index is 1.63. The summed E-state index contributed by atoms with van der Waals surface area (Å²) in [6.07, 6.45) is 7.88. The summed E-state index contributed by atoms with van der Waals surface area (Å²) in [5.74, 6) is 0. The lowest BCUT2D eigenvalue weighted by atomic mass is 9.90. The smallest absolute Gasteiger partial charge is 0.412 e. The predicted molar refractivity (Wildman–Crippen MR) is 97.8 cm³/mol. The van der Waals surface area contributed by atoms with Crippen molar-refractivity contribution < 1.29 is 9.53 Å². The highest BCUT2D eigenvalue weighted by Crippen LogP contribution is 2.29. The second-order valence-electron chi connectivity index (χ2n) is 6.95. The molecule has 4 nitrogen and oxygen atoms in total. The van der Waals surface area contributed by atoms with Gasteiger partial charge in [0.2, 0.25) is 0 Å². The number of piperidine rings is 1. The Labute approximate surface area is 149 Å². The summed E-state index contributed by atoms with van der Waals surface area (Å²) < 4.78 is 5.82. The van der Waals surface area contributed by atoms with Gasteiger partial charge < -0.3 is 4.74 Å². The normalized spacial score (nSPS) is 25.2. The zero-order valence-corrected chi connectivity index (χ0v) is 15.1. The molecule has 2 fully saturated rings. The van der Waals surface area contributed by atoms with Gasteiger partial charge >= 0.3 is 6.09 Å². The molecule has 1 aromatic carbocycles. The number of hydrogen-bond acceptors (Lipinski definition) is 3. The number of ether oxygens (including phenoxy) is 1. The summed E-state index contributed by atoms with van der Waals surface area (Å²) in [7, 11) is 0. The molecule has 5 heteroatoms. The molecule has 1 heterocycles. The van der Waals surface area contributed by atoms with E-state index in [1.54, 1.807) is 6.07 Å². The highest BCUT2D eigenvalue weighted by atomic mass is 35.5. The Bertz CT molecular complexity index is 552. The van der Waals surface area contributed by atoms with Gasteiger partial charge in [0, 0.05) is 6.04 Å². The number of rotatable bonds is 3. The van der Waals surface area contributed by atoms with Crippen molar-refractivity contribution in [2.45, 2.75) is 64.0 Å². The molecule has 1 N–H and O–H groups in total. The summed E-state index contributed by atoms with van der Waals surface area (Å²) in [5.41, 5.74) is 1.59. The van der Waals surface area contributed by atoms with Crippen LogP contribution in [0.4, 0.5) is 10.5 Å². The van der Waals surface area contributed by atoms with Crippen LogP contribution in [0.3, 0.4) is 0 Å². The monoisotopic (exact) mass is 350 g/mol. The highest BCUT2D eigenvalue weighted by molar-refractivity contribution is 6.33. The maximum Gasteiger partial charge on any atom is 0.412 e. The minimum absolute atomic E-state index is 0.0142. The largest absolute Gasteiger partial charge is 0.444 e. The lowest BCUT2D eigenvalue weighted by Crippen LogP contribution is -2.49. The summed E-state index contributed by atoms with van der Waals surface area (Å²) in [6.45, 7) is 4.20. The maximum atomic E-state index is 12.4. The van der Waals surface area contributed by atoms with E-state index in [-0.39, 0.29) is 12.2 Å². The Morgan fingerprint density at radius 1 is 1.17 bits per heavy atom. The molecule has 0 aromatic heterocycles. The van der Waals surface area contributed by atoms with Gasteiger partial charge in [-0.15, -0.1) is 0 Å². The van der Waals surface area contributed by atoms with Gasteiger partial charge in [-0.25, -0.2) is 4.79 Å². The average molecular weight is 351 g/mol. The van der Waals surface area contributed by atoms with Gasteiger partial charge in [-0.3, -0.25) is 10.2 Å². The van der Waals surface area contributed by atoms with Crippen LogP contribution in [0.25, 0.3) is 0 Å². The molecular formula is C19H27ClN2O2. The number of halogens is 1. The molecule has 1 aliphatic carbocycles. The summed E-state index contributed by atoms with van der Waals surface area (Å²) in [4.78, 5) is 14.9.